The highest BCUT2D eigenvalue weighted by atomic mass is 16.5. The van der Waals surface area contributed by atoms with Crippen molar-refractivity contribution in [3.05, 3.63) is 53.6 Å². The lowest BCUT2D eigenvalue weighted by Crippen LogP contribution is -1.93. The third kappa shape index (κ3) is 3.28. The monoisotopic (exact) mass is 256 g/mol. The van der Waals surface area contributed by atoms with Gasteiger partial charge in [0.1, 0.15) is 17.2 Å². The first kappa shape index (κ1) is 13.5. The standard InChI is InChI=1S/C17H20O2/c1-4-7-14-10-11-15(12-17(14)18-3)19-16-9-6-5-8-13(16)2/h5-6,8-12H,4,7H2,1-3H3. The summed E-state index contributed by atoms with van der Waals surface area (Å²) in [5.41, 5.74) is 2.35. The predicted molar refractivity (Wildman–Crippen MR) is 78.2 cm³/mol. The normalized spacial score (nSPS) is 10.3. The van der Waals surface area contributed by atoms with Crippen molar-refractivity contribution in [2.45, 2.75) is 26.7 Å². The molecule has 0 spiro atoms. The third-order valence-corrected chi connectivity index (χ3v) is 3.10. The topological polar surface area (TPSA) is 18.5 Å². The zero-order chi connectivity index (χ0) is 13.7. The summed E-state index contributed by atoms with van der Waals surface area (Å²) in [4.78, 5) is 0. The SMILES string of the molecule is CCCc1ccc(Oc2ccccc2C)cc1OC. The Bertz CT molecular complexity index is 547. The number of methoxy groups -OCH3 is 1. The molecule has 100 valence electrons. The average molecular weight is 256 g/mol. The van der Waals surface area contributed by atoms with Crippen LogP contribution in [-0.4, -0.2) is 7.11 Å². The molecule has 0 fully saturated rings. The molecule has 0 N–H and O–H groups in total. The molecule has 0 aliphatic heterocycles. The van der Waals surface area contributed by atoms with E-state index < -0.39 is 0 Å². The highest BCUT2D eigenvalue weighted by Crippen LogP contribution is 2.30. The highest BCUT2D eigenvalue weighted by molar-refractivity contribution is 5.44. The van der Waals surface area contributed by atoms with Crippen molar-refractivity contribution in [1.82, 2.24) is 0 Å². The van der Waals surface area contributed by atoms with E-state index in [1.54, 1.807) is 7.11 Å². The van der Waals surface area contributed by atoms with E-state index in [-0.39, 0.29) is 0 Å². The minimum atomic E-state index is 0.811. The largest absolute Gasteiger partial charge is 0.496 e. The molecule has 0 heterocycles. The Kier molecular flexibility index (Phi) is 4.45. The van der Waals surface area contributed by atoms with Crippen molar-refractivity contribution in [1.29, 1.82) is 0 Å². The Hall–Kier alpha value is -1.96. The Balaban J connectivity index is 2.24. The van der Waals surface area contributed by atoms with Gasteiger partial charge in [0.2, 0.25) is 0 Å². The van der Waals surface area contributed by atoms with Gasteiger partial charge in [0, 0.05) is 6.07 Å². The lowest BCUT2D eigenvalue weighted by atomic mass is 10.1. The van der Waals surface area contributed by atoms with Gasteiger partial charge >= 0.3 is 0 Å². The van der Waals surface area contributed by atoms with Crippen LogP contribution in [0.3, 0.4) is 0 Å². The van der Waals surface area contributed by atoms with Gasteiger partial charge in [-0.25, -0.2) is 0 Å². The summed E-state index contributed by atoms with van der Waals surface area (Å²) in [7, 11) is 1.70. The fraction of sp³-hybridized carbons (Fsp3) is 0.294. The van der Waals surface area contributed by atoms with Gasteiger partial charge in [0.15, 0.2) is 0 Å². The molecule has 2 heteroatoms. The summed E-state index contributed by atoms with van der Waals surface area (Å²) in [5, 5.41) is 0. The van der Waals surface area contributed by atoms with E-state index >= 15 is 0 Å². The molecule has 2 aromatic carbocycles. The molecule has 19 heavy (non-hydrogen) atoms. The quantitative estimate of drug-likeness (QED) is 0.768. The molecule has 0 amide bonds. The van der Waals surface area contributed by atoms with Gasteiger partial charge in [-0.1, -0.05) is 37.6 Å². The van der Waals surface area contributed by atoms with Crippen molar-refractivity contribution in [2.75, 3.05) is 7.11 Å². The lowest BCUT2D eigenvalue weighted by molar-refractivity contribution is 0.403. The van der Waals surface area contributed by atoms with Gasteiger partial charge in [-0.3, -0.25) is 0 Å². The van der Waals surface area contributed by atoms with Crippen LogP contribution in [0.15, 0.2) is 42.5 Å². The number of benzene rings is 2. The van der Waals surface area contributed by atoms with E-state index in [2.05, 4.69) is 13.0 Å². The Morgan fingerprint density at radius 2 is 1.79 bits per heavy atom. The molecule has 0 bridgehead atoms. The number of aryl methyl sites for hydroxylation is 2. The van der Waals surface area contributed by atoms with Crippen molar-refractivity contribution >= 4 is 0 Å². The number of rotatable bonds is 5. The second-order valence-electron chi connectivity index (χ2n) is 4.59. The average Bonchev–Trinajstić information content (AvgIpc) is 2.43. The molecule has 0 radical (unpaired) electrons. The van der Waals surface area contributed by atoms with Gasteiger partial charge in [0.25, 0.3) is 0 Å². The maximum absolute atomic E-state index is 5.90. The van der Waals surface area contributed by atoms with Crippen LogP contribution >= 0.6 is 0 Å². The van der Waals surface area contributed by atoms with Crippen LogP contribution in [-0.2, 0) is 6.42 Å². The first-order valence-electron chi connectivity index (χ1n) is 6.65. The maximum Gasteiger partial charge on any atom is 0.131 e. The molecule has 0 atom stereocenters. The molecule has 0 saturated heterocycles. The van der Waals surface area contributed by atoms with Crippen molar-refractivity contribution in [3.63, 3.8) is 0 Å². The number of hydrogen-bond acceptors (Lipinski definition) is 2. The Labute approximate surface area is 115 Å². The summed E-state index contributed by atoms with van der Waals surface area (Å²) in [6.45, 7) is 4.20. The van der Waals surface area contributed by atoms with Crippen LogP contribution in [0.25, 0.3) is 0 Å². The summed E-state index contributed by atoms with van der Waals surface area (Å²) in [6.07, 6.45) is 2.13. The summed E-state index contributed by atoms with van der Waals surface area (Å²) in [6, 6.07) is 14.0. The Morgan fingerprint density at radius 1 is 1.00 bits per heavy atom. The molecule has 0 unspecified atom stereocenters. The first-order chi connectivity index (χ1) is 9.24. The molecule has 2 aromatic rings. The van der Waals surface area contributed by atoms with Crippen molar-refractivity contribution in [3.8, 4) is 17.2 Å². The highest BCUT2D eigenvalue weighted by Gasteiger charge is 2.06. The molecule has 0 aromatic heterocycles. The number of hydrogen-bond donors (Lipinski definition) is 0. The minimum absolute atomic E-state index is 0.811. The third-order valence-electron chi connectivity index (χ3n) is 3.10. The number of para-hydroxylation sites is 1. The van der Waals surface area contributed by atoms with Gasteiger partial charge in [-0.2, -0.15) is 0 Å². The zero-order valence-electron chi connectivity index (χ0n) is 11.8. The van der Waals surface area contributed by atoms with E-state index in [4.69, 9.17) is 9.47 Å². The molecule has 0 aliphatic rings. The van der Waals surface area contributed by atoms with E-state index in [1.807, 2.05) is 43.3 Å². The van der Waals surface area contributed by atoms with E-state index in [9.17, 15) is 0 Å². The fourth-order valence-corrected chi connectivity index (χ4v) is 2.06. The lowest BCUT2D eigenvalue weighted by Gasteiger charge is -2.12. The summed E-state index contributed by atoms with van der Waals surface area (Å²) in [5.74, 6) is 2.59. The first-order valence-corrected chi connectivity index (χ1v) is 6.65. The zero-order valence-corrected chi connectivity index (χ0v) is 11.8. The van der Waals surface area contributed by atoms with Gasteiger partial charge in [0.05, 0.1) is 7.11 Å². The summed E-state index contributed by atoms with van der Waals surface area (Å²) >= 11 is 0. The van der Waals surface area contributed by atoms with E-state index in [0.717, 1.165) is 35.7 Å². The van der Waals surface area contributed by atoms with Crippen LogP contribution in [0, 0.1) is 6.92 Å². The van der Waals surface area contributed by atoms with Crippen LogP contribution in [0.2, 0.25) is 0 Å². The molecule has 0 saturated carbocycles. The molecular formula is C17H20O2. The second-order valence-corrected chi connectivity index (χ2v) is 4.59. The molecule has 2 rings (SSSR count). The van der Waals surface area contributed by atoms with E-state index in [1.165, 1.54) is 5.56 Å². The minimum Gasteiger partial charge on any atom is -0.496 e. The molecule has 0 aliphatic carbocycles. The predicted octanol–water partition coefficient (Wildman–Crippen LogP) is 4.75. The van der Waals surface area contributed by atoms with Crippen LogP contribution in [0.1, 0.15) is 24.5 Å². The smallest absolute Gasteiger partial charge is 0.131 e. The van der Waals surface area contributed by atoms with Gasteiger partial charge in [-0.05, 0) is 36.6 Å². The number of ether oxygens (including phenoxy) is 2. The Morgan fingerprint density at radius 3 is 2.47 bits per heavy atom. The molecular weight excluding hydrogens is 236 g/mol. The van der Waals surface area contributed by atoms with Crippen LogP contribution in [0.5, 0.6) is 17.2 Å². The van der Waals surface area contributed by atoms with Crippen molar-refractivity contribution < 1.29 is 9.47 Å². The van der Waals surface area contributed by atoms with Crippen LogP contribution in [0.4, 0.5) is 0 Å². The van der Waals surface area contributed by atoms with Gasteiger partial charge in [-0.15, -0.1) is 0 Å². The van der Waals surface area contributed by atoms with Crippen LogP contribution < -0.4 is 9.47 Å². The van der Waals surface area contributed by atoms with Gasteiger partial charge < -0.3 is 9.47 Å². The fourth-order valence-electron chi connectivity index (χ4n) is 2.06. The maximum atomic E-state index is 5.90. The summed E-state index contributed by atoms with van der Waals surface area (Å²) < 4.78 is 11.3. The molecule has 2 nitrogen and oxygen atoms in total. The van der Waals surface area contributed by atoms with Crippen molar-refractivity contribution in [2.24, 2.45) is 0 Å². The van der Waals surface area contributed by atoms with E-state index in [0.29, 0.717) is 0 Å². The second kappa shape index (κ2) is 6.28.